The summed E-state index contributed by atoms with van der Waals surface area (Å²) in [5, 5.41) is 22.5. The lowest BCUT2D eigenvalue weighted by Gasteiger charge is -2.31. The molecule has 152 valence electrons. The van der Waals surface area contributed by atoms with Crippen molar-refractivity contribution in [2.45, 2.75) is 57.4 Å². The number of amides is 1. The van der Waals surface area contributed by atoms with Crippen molar-refractivity contribution in [1.82, 2.24) is 35.9 Å². The van der Waals surface area contributed by atoms with Gasteiger partial charge >= 0.3 is 0 Å². The minimum absolute atomic E-state index is 0.0888. The van der Waals surface area contributed by atoms with Gasteiger partial charge in [0.15, 0.2) is 11.5 Å². The van der Waals surface area contributed by atoms with E-state index in [0.29, 0.717) is 18.2 Å². The van der Waals surface area contributed by atoms with Crippen LogP contribution in [-0.4, -0.2) is 63.4 Å². The van der Waals surface area contributed by atoms with Gasteiger partial charge in [0.05, 0.1) is 0 Å². The summed E-state index contributed by atoms with van der Waals surface area (Å²) < 4.78 is 1.44. The molecule has 2 fully saturated rings. The number of nitrogens with one attached hydrogen (secondary N) is 2. The summed E-state index contributed by atoms with van der Waals surface area (Å²) in [6.07, 6.45) is 9.64. The monoisotopic (exact) mass is 386 g/mol. The normalized spacial score (nSPS) is 19.6. The standard InChI is InChI=1S/C19H30N8O/c28-19(21-12-11-20-16-5-3-1-2-4-6-16)15-9-13-26(14-10-15)18-8-7-17-22-24-25-27(17)23-18/h7-8,15-16,20H,1-6,9-14H2,(H,21,28). The fourth-order valence-corrected chi connectivity index (χ4v) is 4.27. The van der Waals surface area contributed by atoms with E-state index in [4.69, 9.17) is 0 Å². The number of carbonyl (C=O) groups is 1. The smallest absolute Gasteiger partial charge is 0.223 e. The van der Waals surface area contributed by atoms with Crippen molar-refractivity contribution in [1.29, 1.82) is 0 Å². The van der Waals surface area contributed by atoms with Gasteiger partial charge in [-0.1, -0.05) is 25.7 Å². The van der Waals surface area contributed by atoms with Crippen molar-refractivity contribution >= 4 is 17.4 Å². The second kappa shape index (κ2) is 9.27. The van der Waals surface area contributed by atoms with Gasteiger partial charge < -0.3 is 15.5 Å². The molecule has 1 saturated carbocycles. The molecular weight excluding hydrogens is 356 g/mol. The SMILES string of the molecule is O=C(NCCNC1CCCCCC1)C1CCN(c2ccc3nnnn3n2)CC1. The second-order valence-electron chi connectivity index (χ2n) is 7.91. The molecule has 9 heteroatoms. The Morgan fingerprint density at radius 3 is 2.61 bits per heavy atom. The summed E-state index contributed by atoms with van der Waals surface area (Å²) in [6.45, 7) is 3.22. The average Bonchev–Trinajstić information content (AvgIpc) is 3.05. The van der Waals surface area contributed by atoms with Gasteiger partial charge in [0.1, 0.15) is 0 Å². The van der Waals surface area contributed by atoms with Crippen LogP contribution in [0.25, 0.3) is 5.65 Å². The maximum Gasteiger partial charge on any atom is 0.223 e. The predicted octanol–water partition coefficient (Wildman–Crippen LogP) is 1.16. The molecule has 0 radical (unpaired) electrons. The fourth-order valence-electron chi connectivity index (χ4n) is 4.27. The van der Waals surface area contributed by atoms with Crippen LogP contribution in [0.5, 0.6) is 0 Å². The third-order valence-corrected chi connectivity index (χ3v) is 5.96. The Hall–Kier alpha value is -2.29. The minimum atomic E-state index is 0.0888. The quantitative estimate of drug-likeness (QED) is 0.568. The zero-order chi connectivity index (χ0) is 19.2. The predicted molar refractivity (Wildman–Crippen MR) is 106 cm³/mol. The van der Waals surface area contributed by atoms with Crippen molar-refractivity contribution in [3.05, 3.63) is 12.1 Å². The molecule has 1 saturated heterocycles. The Morgan fingerprint density at radius 2 is 1.82 bits per heavy atom. The van der Waals surface area contributed by atoms with Crippen molar-refractivity contribution < 1.29 is 4.79 Å². The van der Waals surface area contributed by atoms with Gasteiger partial charge in [-0.2, -0.15) is 0 Å². The molecule has 9 nitrogen and oxygen atoms in total. The molecule has 0 aromatic carbocycles. The van der Waals surface area contributed by atoms with E-state index in [-0.39, 0.29) is 11.8 Å². The molecule has 2 N–H and O–H groups in total. The number of fused-ring (bicyclic) bond motifs is 1. The van der Waals surface area contributed by atoms with E-state index in [0.717, 1.165) is 38.3 Å². The third kappa shape index (κ3) is 4.76. The Bertz CT molecular complexity index is 762. The Morgan fingerprint density at radius 1 is 1.04 bits per heavy atom. The Balaban J connectivity index is 1.17. The highest BCUT2D eigenvalue weighted by atomic mass is 16.1. The number of rotatable bonds is 6. The van der Waals surface area contributed by atoms with Crippen LogP contribution in [-0.2, 0) is 4.79 Å². The minimum Gasteiger partial charge on any atom is -0.355 e. The molecule has 2 aliphatic rings. The third-order valence-electron chi connectivity index (χ3n) is 5.96. The molecule has 0 unspecified atom stereocenters. The van der Waals surface area contributed by atoms with Crippen LogP contribution in [0.1, 0.15) is 51.4 Å². The van der Waals surface area contributed by atoms with Crippen molar-refractivity contribution in [2.24, 2.45) is 5.92 Å². The summed E-state index contributed by atoms with van der Waals surface area (Å²) in [5.41, 5.74) is 0.635. The molecule has 0 bridgehead atoms. The van der Waals surface area contributed by atoms with E-state index in [1.807, 2.05) is 12.1 Å². The van der Waals surface area contributed by atoms with Crippen molar-refractivity contribution in [3.8, 4) is 0 Å². The largest absolute Gasteiger partial charge is 0.355 e. The van der Waals surface area contributed by atoms with Crippen LogP contribution in [0.3, 0.4) is 0 Å². The zero-order valence-corrected chi connectivity index (χ0v) is 16.4. The number of nitrogens with zero attached hydrogens (tertiary/aromatic N) is 6. The van der Waals surface area contributed by atoms with E-state index in [9.17, 15) is 4.79 Å². The summed E-state index contributed by atoms with van der Waals surface area (Å²) in [4.78, 5) is 14.7. The summed E-state index contributed by atoms with van der Waals surface area (Å²) >= 11 is 0. The summed E-state index contributed by atoms with van der Waals surface area (Å²) in [6, 6.07) is 4.43. The number of hydrogen-bond acceptors (Lipinski definition) is 7. The van der Waals surface area contributed by atoms with E-state index < -0.39 is 0 Å². The van der Waals surface area contributed by atoms with Gasteiger partial charge in [-0.3, -0.25) is 4.79 Å². The van der Waals surface area contributed by atoms with E-state index in [1.165, 1.54) is 43.2 Å². The number of aromatic nitrogens is 5. The molecule has 0 atom stereocenters. The van der Waals surface area contributed by atoms with Gasteiger partial charge in [0, 0.05) is 38.1 Å². The van der Waals surface area contributed by atoms with E-state index in [1.54, 1.807) is 0 Å². The van der Waals surface area contributed by atoms with Crippen LogP contribution >= 0.6 is 0 Å². The molecule has 3 heterocycles. The molecule has 2 aromatic rings. The highest BCUT2D eigenvalue weighted by Gasteiger charge is 2.25. The molecule has 28 heavy (non-hydrogen) atoms. The molecule has 2 aromatic heterocycles. The molecule has 4 rings (SSSR count). The van der Waals surface area contributed by atoms with Crippen LogP contribution in [0.15, 0.2) is 12.1 Å². The van der Waals surface area contributed by atoms with Crippen LogP contribution < -0.4 is 15.5 Å². The summed E-state index contributed by atoms with van der Waals surface area (Å²) in [7, 11) is 0. The molecular formula is C19H30N8O. The first-order valence-corrected chi connectivity index (χ1v) is 10.6. The number of piperidine rings is 1. The first-order chi connectivity index (χ1) is 13.8. The molecule has 1 aliphatic carbocycles. The van der Waals surface area contributed by atoms with Gasteiger partial charge in [-0.15, -0.1) is 14.8 Å². The van der Waals surface area contributed by atoms with Crippen LogP contribution in [0.2, 0.25) is 0 Å². The van der Waals surface area contributed by atoms with Crippen molar-refractivity contribution in [2.75, 3.05) is 31.1 Å². The fraction of sp³-hybridized carbons (Fsp3) is 0.737. The van der Waals surface area contributed by atoms with E-state index in [2.05, 4.69) is 36.2 Å². The van der Waals surface area contributed by atoms with Gasteiger partial charge in [0.25, 0.3) is 0 Å². The molecule has 1 aliphatic heterocycles. The number of carbonyl (C=O) groups excluding carboxylic acids is 1. The first-order valence-electron chi connectivity index (χ1n) is 10.6. The lowest BCUT2D eigenvalue weighted by Crippen LogP contribution is -2.43. The molecule has 0 spiro atoms. The molecule has 1 amide bonds. The zero-order valence-electron chi connectivity index (χ0n) is 16.4. The van der Waals surface area contributed by atoms with Gasteiger partial charge in [-0.05, 0) is 48.2 Å². The van der Waals surface area contributed by atoms with Crippen molar-refractivity contribution in [3.63, 3.8) is 0 Å². The maximum atomic E-state index is 12.5. The highest BCUT2D eigenvalue weighted by molar-refractivity contribution is 5.78. The lowest BCUT2D eigenvalue weighted by atomic mass is 9.96. The Kier molecular flexibility index (Phi) is 6.31. The second-order valence-corrected chi connectivity index (χ2v) is 7.91. The van der Waals surface area contributed by atoms with Gasteiger partial charge in [0.2, 0.25) is 5.91 Å². The number of anilines is 1. The Labute approximate surface area is 165 Å². The average molecular weight is 387 g/mol. The maximum absolute atomic E-state index is 12.5. The lowest BCUT2D eigenvalue weighted by molar-refractivity contribution is -0.125. The number of hydrogen-bond donors (Lipinski definition) is 2. The van der Waals surface area contributed by atoms with E-state index >= 15 is 0 Å². The number of tetrazole rings is 1. The summed E-state index contributed by atoms with van der Waals surface area (Å²) in [5.74, 6) is 1.13. The van der Waals surface area contributed by atoms with Gasteiger partial charge in [-0.25, -0.2) is 0 Å². The topological polar surface area (TPSA) is 100 Å². The van der Waals surface area contributed by atoms with Crippen LogP contribution in [0, 0.1) is 5.92 Å². The highest BCUT2D eigenvalue weighted by Crippen LogP contribution is 2.22. The van der Waals surface area contributed by atoms with Crippen LogP contribution in [0.4, 0.5) is 5.82 Å². The first kappa shape index (κ1) is 19.0.